The standard InChI is InChI=1S/C12H22N4O4/c1-4-12(2,7-17)15-8-9(13)16(5-6-20-3)11(19)14-10(8)18/h15,17H,4-7,13H2,1-3H3,(H,14,18,19). The summed E-state index contributed by atoms with van der Waals surface area (Å²) < 4.78 is 6.12. The molecule has 0 aliphatic rings. The maximum absolute atomic E-state index is 11.9. The summed E-state index contributed by atoms with van der Waals surface area (Å²) in [4.78, 5) is 25.8. The SMILES string of the molecule is CCC(C)(CO)Nc1c(N)n(CCOC)c(=O)[nH]c1=O. The minimum Gasteiger partial charge on any atom is -0.394 e. The number of ether oxygens (including phenoxy) is 1. The number of hydrogen-bond acceptors (Lipinski definition) is 6. The number of aliphatic hydroxyl groups is 1. The Bertz CT molecular complexity index is 560. The number of nitrogens with two attached hydrogens (primary N) is 1. The Labute approximate surface area is 116 Å². The molecule has 1 heterocycles. The maximum Gasteiger partial charge on any atom is 0.330 e. The van der Waals surface area contributed by atoms with E-state index in [1.54, 1.807) is 6.92 Å². The maximum atomic E-state index is 11.9. The van der Waals surface area contributed by atoms with Crippen molar-refractivity contribution < 1.29 is 9.84 Å². The van der Waals surface area contributed by atoms with E-state index in [4.69, 9.17) is 10.5 Å². The van der Waals surface area contributed by atoms with Crippen LogP contribution in [0.5, 0.6) is 0 Å². The first-order chi connectivity index (χ1) is 9.38. The Kier molecular flexibility index (Phi) is 5.34. The third-order valence-electron chi connectivity index (χ3n) is 3.31. The zero-order valence-corrected chi connectivity index (χ0v) is 12.0. The summed E-state index contributed by atoms with van der Waals surface area (Å²) >= 11 is 0. The van der Waals surface area contributed by atoms with Crippen LogP contribution in [0.1, 0.15) is 20.3 Å². The summed E-state index contributed by atoms with van der Waals surface area (Å²) in [5.41, 5.74) is 4.09. The number of hydrogen-bond donors (Lipinski definition) is 4. The smallest absolute Gasteiger partial charge is 0.330 e. The minimum atomic E-state index is -0.690. The van der Waals surface area contributed by atoms with Gasteiger partial charge in [-0.3, -0.25) is 14.3 Å². The van der Waals surface area contributed by atoms with Crippen LogP contribution in [0.2, 0.25) is 0 Å². The van der Waals surface area contributed by atoms with E-state index in [9.17, 15) is 14.7 Å². The van der Waals surface area contributed by atoms with Gasteiger partial charge in [-0.05, 0) is 13.3 Å². The highest BCUT2D eigenvalue weighted by atomic mass is 16.5. The molecule has 114 valence electrons. The van der Waals surface area contributed by atoms with Gasteiger partial charge in [-0.25, -0.2) is 4.79 Å². The number of aromatic amines is 1. The summed E-state index contributed by atoms with van der Waals surface area (Å²) in [6, 6.07) is 0. The van der Waals surface area contributed by atoms with Gasteiger partial charge in [0, 0.05) is 7.11 Å². The lowest BCUT2D eigenvalue weighted by Gasteiger charge is -2.29. The van der Waals surface area contributed by atoms with Crippen LogP contribution in [0, 0.1) is 0 Å². The van der Waals surface area contributed by atoms with Gasteiger partial charge < -0.3 is 20.9 Å². The second-order valence-corrected chi connectivity index (χ2v) is 4.86. The molecule has 0 aliphatic carbocycles. The van der Waals surface area contributed by atoms with Gasteiger partial charge in [0.05, 0.1) is 25.3 Å². The Morgan fingerprint density at radius 3 is 2.65 bits per heavy atom. The molecule has 1 aromatic rings. The number of methoxy groups -OCH3 is 1. The molecule has 0 amide bonds. The second-order valence-electron chi connectivity index (χ2n) is 4.86. The Morgan fingerprint density at radius 1 is 1.50 bits per heavy atom. The number of anilines is 2. The normalized spacial score (nSPS) is 14.0. The molecule has 0 aliphatic heterocycles. The summed E-state index contributed by atoms with van der Waals surface area (Å²) in [5.74, 6) is 0.0314. The number of nitrogens with one attached hydrogen (secondary N) is 2. The average molecular weight is 286 g/mol. The van der Waals surface area contributed by atoms with Crippen LogP contribution in [-0.4, -0.2) is 40.5 Å². The van der Waals surface area contributed by atoms with E-state index in [1.807, 2.05) is 6.92 Å². The molecule has 5 N–H and O–H groups in total. The van der Waals surface area contributed by atoms with E-state index in [-0.39, 0.29) is 24.7 Å². The summed E-state index contributed by atoms with van der Waals surface area (Å²) in [6.45, 7) is 3.99. The molecule has 8 nitrogen and oxygen atoms in total. The predicted molar refractivity (Wildman–Crippen MR) is 77.0 cm³/mol. The molecule has 20 heavy (non-hydrogen) atoms. The predicted octanol–water partition coefficient (Wildman–Crippen LogP) is -0.662. The van der Waals surface area contributed by atoms with Crippen molar-refractivity contribution in [1.82, 2.24) is 9.55 Å². The Balaban J connectivity index is 3.26. The van der Waals surface area contributed by atoms with E-state index in [1.165, 1.54) is 11.7 Å². The van der Waals surface area contributed by atoms with Gasteiger partial charge in [-0.1, -0.05) is 6.92 Å². The molecular formula is C12H22N4O4. The number of nitrogens with zero attached hydrogens (tertiary/aromatic N) is 1. The summed E-state index contributed by atoms with van der Waals surface area (Å²) in [7, 11) is 1.51. The molecule has 0 radical (unpaired) electrons. The molecular weight excluding hydrogens is 264 g/mol. The van der Waals surface area contributed by atoms with Crippen molar-refractivity contribution in [2.45, 2.75) is 32.4 Å². The first-order valence-corrected chi connectivity index (χ1v) is 6.39. The molecule has 0 bridgehead atoms. The number of aliphatic hydroxyl groups excluding tert-OH is 1. The van der Waals surface area contributed by atoms with Crippen molar-refractivity contribution in [3.63, 3.8) is 0 Å². The van der Waals surface area contributed by atoms with Gasteiger partial charge in [0.25, 0.3) is 5.56 Å². The van der Waals surface area contributed by atoms with Crippen LogP contribution in [0.3, 0.4) is 0 Å². The van der Waals surface area contributed by atoms with E-state index in [0.29, 0.717) is 13.0 Å². The second kappa shape index (κ2) is 6.58. The van der Waals surface area contributed by atoms with Crippen molar-refractivity contribution in [2.24, 2.45) is 0 Å². The Hall–Kier alpha value is -1.80. The first-order valence-electron chi connectivity index (χ1n) is 6.39. The zero-order valence-electron chi connectivity index (χ0n) is 12.0. The number of rotatable bonds is 7. The quantitative estimate of drug-likeness (QED) is 0.527. The van der Waals surface area contributed by atoms with Gasteiger partial charge in [0.1, 0.15) is 11.5 Å². The highest BCUT2D eigenvalue weighted by Crippen LogP contribution is 2.19. The molecule has 0 saturated heterocycles. The van der Waals surface area contributed by atoms with E-state index < -0.39 is 16.8 Å². The van der Waals surface area contributed by atoms with Crippen LogP contribution < -0.4 is 22.3 Å². The van der Waals surface area contributed by atoms with Gasteiger partial charge in [0.2, 0.25) is 0 Å². The molecule has 1 aromatic heterocycles. The fraction of sp³-hybridized carbons (Fsp3) is 0.667. The van der Waals surface area contributed by atoms with E-state index in [2.05, 4.69) is 10.3 Å². The largest absolute Gasteiger partial charge is 0.394 e. The molecule has 8 heteroatoms. The zero-order chi connectivity index (χ0) is 15.3. The highest BCUT2D eigenvalue weighted by Gasteiger charge is 2.24. The van der Waals surface area contributed by atoms with Crippen LogP contribution in [-0.2, 0) is 11.3 Å². The van der Waals surface area contributed by atoms with Gasteiger partial charge in [-0.2, -0.15) is 0 Å². The van der Waals surface area contributed by atoms with Gasteiger partial charge >= 0.3 is 5.69 Å². The third kappa shape index (κ3) is 3.40. The lowest BCUT2D eigenvalue weighted by atomic mass is 10.00. The lowest BCUT2D eigenvalue weighted by Crippen LogP contribution is -2.43. The molecule has 0 fully saturated rings. The number of aromatic nitrogens is 2. The lowest BCUT2D eigenvalue weighted by molar-refractivity contribution is 0.186. The van der Waals surface area contributed by atoms with Crippen LogP contribution in [0.25, 0.3) is 0 Å². The van der Waals surface area contributed by atoms with Crippen molar-refractivity contribution in [2.75, 3.05) is 31.4 Å². The molecule has 1 rings (SSSR count). The van der Waals surface area contributed by atoms with Gasteiger partial charge in [0.15, 0.2) is 0 Å². The highest BCUT2D eigenvalue weighted by molar-refractivity contribution is 5.61. The topological polar surface area (TPSA) is 122 Å². The van der Waals surface area contributed by atoms with Crippen LogP contribution in [0.15, 0.2) is 9.59 Å². The van der Waals surface area contributed by atoms with Crippen molar-refractivity contribution in [1.29, 1.82) is 0 Å². The number of H-pyrrole nitrogens is 1. The average Bonchev–Trinajstić information content (AvgIpc) is 2.43. The summed E-state index contributed by atoms with van der Waals surface area (Å²) in [5, 5.41) is 12.3. The molecule has 0 aromatic carbocycles. The molecule has 1 unspecified atom stereocenters. The van der Waals surface area contributed by atoms with Crippen molar-refractivity contribution >= 4 is 11.5 Å². The van der Waals surface area contributed by atoms with Crippen molar-refractivity contribution in [3.05, 3.63) is 20.8 Å². The Morgan fingerprint density at radius 2 is 2.15 bits per heavy atom. The van der Waals surface area contributed by atoms with Crippen molar-refractivity contribution in [3.8, 4) is 0 Å². The fourth-order valence-corrected chi connectivity index (χ4v) is 1.65. The van der Waals surface area contributed by atoms with E-state index in [0.717, 1.165) is 0 Å². The molecule has 0 spiro atoms. The molecule has 1 atom stereocenters. The van der Waals surface area contributed by atoms with E-state index >= 15 is 0 Å². The fourth-order valence-electron chi connectivity index (χ4n) is 1.65. The van der Waals surface area contributed by atoms with Crippen LogP contribution in [0.4, 0.5) is 11.5 Å². The summed E-state index contributed by atoms with van der Waals surface area (Å²) in [6.07, 6.45) is 0.583. The van der Waals surface area contributed by atoms with Crippen LogP contribution >= 0.6 is 0 Å². The first kappa shape index (κ1) is 16.3. The number of nitrogen functional groups attached to an aromatic ring is 1. The third-order valence-corrected chi connectivity index (χ3v) is 3.31. The monoisotopic (exact) mass is 286 g/mol. The molecule has 0 saturated carbocycles. The van der Waals surface area contributed by atoms with Gasteiger partial charge in [-0.15, -0.1) is 0 Å². The minimum absolute atomic E-state index is 0.0314.